The van der Waals surface area contributed by atoms with E-state index >= 15 is 0 Å². The topological polar surface area (TPSA) is 84.0 Å². The fourth-order valence-corrected chi connectivity index (χ4v) is 3.20. The van der Waals surface area contributed by atoms with Gasteiger partial charge in [0.2, 0.25) is 0 Å². The first-order valence-electron chi connectivity index (χ1n) is 10.4. The van der Waals surface area contributed by atoms with E-state index in [2.05, 4.69) is 41.7 Å². The highest BCUT2D eigenvalue weighted by Crippen LogP contribution is 2.21. The maximum atomic E-state index is 12.2. The van der Waals surface area contributed by atoms with Gasteiger partial charge in [0.1, 0.15) is 6.10 Å². The molecule has 0 radical (unpaired) electrons. The summed E-state index contributed by atoms with van der Waals surface area (Å²) in [4.78, 5) is 16.9. The molecular weight excluding hydrogens is 368 g/mol. The summed E-state index contributed by atoms with van der Waals surface area (Å²) in [6.45, 7) is 11.1. The first-order valence-corrected chi connectivity index (χ1v) is 10.4. The fourth-order valence-electron chi connectivity index (χ4n) is 3.20. The molecule has 3 N–H and O–H groups in total. The van der Waals surface area contributed by atoms with Gasteiger partial charge in [-0.3, -0.25) is 4.79 Å². The lowest BCUT2D eigenvalue weighted by atomic mass is 9.89. The Bertz CT molecular complexity index is 679. The quantitative estimate of drug-likeness (QED) is 0.458. The second-order valence-corrected chi connectivity index (χ2v) is 8.36. The van der Waals surface area contributed by atoms with E-state index in [0.29, 0.717) is 19.7 Å². The van der Waals surface area contributed by atoms with Gasteiger partial charge in [0.05, 0.1) is 12.6 Å². The molecule has 0 spiro atoms. The minimum atomic E-state index is -0.335. The number of hydrogen-bond acceptors (Lipinski definition) is 4. The monoisotopic (exact) mass is 404 g/mol. The van der Waals surface area contributed by atoms with Gasteiger partial charge in [0, 0.05) is 32.5 Å². The summed E-state index contributed by atoms with van der Waals surface area (Å²) in [5, 5.41) is 9.57. The predicted molar refractivity (Wildman–Crippen MR) is 117 cm³/mol. The van der Waals surface area contributed by atoms with E-state index in [0.717, 1.165) is 36.6 Å². The summed E-state index contributed by atoms with van der Waals surface area (Å²) in [7, 11) is 1.73. The van der Waals surface area contributed by atoms with Gasteiger partial charge in [0.25, 0.3) is 5.91 Å². The Balaban J connectivity index is 1.96. The van der Waals surface area contributed by atoms with E-state index in [-0.39, 0.29) is 23.5 Å². The Morgan fingerprint density at radius 3 is 2.76 bits per heavy atom. The molecule has 1 aromatic carbocycles. The lowest BCUT2D eigenvalue weighted by molar-refractivity contribution is -0.124. The molecule has 162 valence electrons. The lowest BCUT2D eigenvalue weighted by Crippen LogP contribution is -2.45. The van der Waals surface area contributed by atoms with Gasteiger partial charge in [-0.25, -0.2) is 4.99 Å². The molecule has 2 atom stereocenters. The molecule has 0 aromatic heterocycles. The van der Waals surface area contributed by atoms with Crippen molar-refractivity contribution in [3.8, 4) is 0 Å². The Hall–Kier alpha value is -2.12. The molecule has 0 aliphatic carbocycles. The van der Waals surface area contributed by atoms with Crippen LogP contribution in [0, 0.1) is 5.41 Å². The van der Waals surface area contributed by atoms with Crippen LogP contribution in [0.15, 0.2) is 29.3 Å². The number of aliphatic imine (C=N–C) groups is 1. The number of anilines is 1. The average molecular weight is 405 g/mol. The van der Waals surface area contributed by atoms with Crippen LogP contribution in [0.4, 0.5) is 5.69 Å². The highest BCUT2D eigenvalue weighted by atomic mass is 16.5. The lowest BCUT2D eigenvalue weighted by Gasteiger charge is -2.30. The molecule has 2 unspecified atom stereocenters. The molecule has 2 rings (SSSR count). The summed E-state index contributed by atoms with van der Waals surface area (Å²) in [6, 6.07) is 7.77. The van der Waals surface area contributed by atoms with Gasteiger partial charge in [-0.1, -0.05) is 32.9 Å². The van der Waals surface area contributed by atoms with Crippen molar-refractivity contribution < 1.29 is 14.3 Å². The number of amides is 1. The summed E-state index contributed by atoms with van der Waals surface area (Å²) in [5.74, 6) is 0.665. The number of guanidine groups is 1. The highest BCUT2D eigenvalue weighted by Gasteiger charge is 2.24. The van der Waals surface area contributed by atoms with Crippen molar-refractivity contribution in [1.82, 2.24) is 10.6 Å². The van der Waals surface area contributed by atoms with Crippen molar-refractivity contribution in [3.05, 3.63) is 29.8 Å². The molecular formula is C22H36N4O3. The number of ether oxygens (including phenoxy) is 2. The largest absolute Gasteiger partial charge is 0.379 e. The molecule has 29 heavy (non-hydrogen) atoms. The number of hydrogen-bond donors (Lipinski definition) is 3. The van der Waals surface area contributed by atoms with Crippen molar-refractivity contribution in [3.63, 3.8) is 0 Å². The van der Waals surface area contributed by atoms with Gasteiger partial charge in [-0.2, -0.15) is 0 Å². The standard InChI is InChI=1S/C22H36N4O3/c1-6-23-21(25-15-19(28-5)22(2,3)4)24-14-16-9-7-10-17(13-16)26-20(27)18-11-8-12-29-18/h7,9-10,13,18-19H,6,8,11-12,14-15H2,1-5H3,(H,26,27)(H2,23,24,25). The van der Waals surface area contributed by atoms with Crippen molar-refractivity contribution in [2.75, 3.05) is 32.1 Å². The number of carbonyl (C=O) groups excluding carboxylic acids is 1. The second kappa shape index (κ2) is 11.2. The van der Waals surface area contributed by atoms with E-state index < -0.39 is 0 Å². The Morgan fingerprint density at radius 2 is 2.14 bits per heavy atom. The number of nitrogens with zero attached hydrogens (tertiary/aromatic N) is 1. The van der Waals surface area contributed by atoms with E-state index in [1.807, 2.05) is 31.2 Å². The molecule has 0 saturated carbocycles. The molecule has 1 heterocycles. The van der Waals surface area contributed by atoms with Crippen molar-refractivity contribution >= 4 is 17.6 Å². The van der Waals surface area contributed by atoms with Crippen LogP contribution < -0.4 is 16.0 Å². The number of nitrogens with one attached hydrogen (secondary N) is 3. The van der Waals surface area contributed by atoms with Crippen molar-refractivity contribution in [2.45, 2.75) is 59.3 Å². The third-order valence-electron chi connectivity index (χ3n) is 4.89. The van der Waals surface area contributed by atoms with Gasteiger partial charge < -0.3 is 25.4 Å². The van der Waals surface area contributed by atoms with Crippen molar-refractivity contribution in [2.24, 2.45) is 10.4 Å². The maximum absolute atomic E-state index is 12.2. The zero-order valence-corrected chi connectivity index (χ0v) is 18.4. The van der Waals surface area contributed by atoms with Crippen LogP contribution in [0.2, 0.25) is 0 Å². The predicted octanol–water partition coefficient (Wildman–Crippen LogP) is 2.92. The first kappa shape index (κ1) is 23.2. The number of carbonyl (C=O) groups is 1. The van der Waals surface area contributed by atoms with Gasteiger partial charge in [-0.15, -0.1) is 0 Å². The number of benzene rings is 1. The Morgan fingerprint density at radius 1 is 1.34 bits per heavy atom. The normalized spacial score (nSPS) is 18.4. The van der Waals surface area contributed by atoms with Crippen LogP contribution in [0.3, 0.4) is 0 Å². The third kappa shape index (κ3) is 7.66. The van der Waals surface area contributed by atoms with Gasteiger partial charge >= 0.3 is 0 Å². The Labute approximate surface area is 174 Å². The van der Waals surface area contributed by atoms with Crippen LogP contribution in [0.25, 0.3) is 0 Å². The molecule has 1 aliphatic heterocycles. The molecule has 1 aromatic rings. The van der Waals surface area contributed by atoms with E-state index in [4.69, 9.17) is 9.47 Å². The van der Waals surface area contributed by atoms with Crippen molar-refractivity contribution in [1.29, 1.82) is 0 Å². The summed E-state index contributed by atoms with van der Waals surface area (Å²) >= 11 is 0. The van der Waals surface area contributed by atoms with E-state index in [1.54, 1.807) is 7.11 Å². The molecule has 1 amide bonds. The van der Waals surface area contributed by atoms with E-state index in [9.17, 15) is 4.79 Å². The van der Waals surface area contributed by atoms with E-state index in [1.165, 1.54) is 0 Å². The van der Waals surface area contributed by atoms with Crippen LogP contribution in [-0.2, 0) is 20.8 Å². The van der Waals surface area contributed by atoms with Gasteiger partial charge in [0.15, 0.2) is 5.96 Å². The first-order chi connectivity index (χ1) is 13.8. The van der Waals surface area contributed by atoms with Crippen LogP contribution in [-0.4, -0.2) is 50.9 Å². The van der Waals surface area contributed by atoms with Gasteiger partial charge in [-0.05, 0) is 42.9 Å². The van der Waals surface area contributed by atoms with Crippen LogP contribution in [0.5, 0.6) is 0 Å². The maximum Gasteiger partial charge on any atom is 0.253 e. The molecule has 1 saturated heterocycles. The fraction of sp³-hybridized carbons (Fsp3) is 0.636. The molecule has 7 heteroatoms. The minimum absolute atomic E-state index is 0.0364. The highest BCUT2D eigenvalue weighted by molar-refractivity contribution is 5.94. The average Bonchev–Trinajstić information content (AvgIpc) is 3.20. The summed E-state index contributed by atoms with van der Waals surface area (Å²) in [5.41, 5.74) is 1.82. The summed E-state index contributed by atoms with van der Waals surface area (Å²) < 4.78 is 11.0. The van der Waals surface area contributed by atoms with Crippen LogP contribution in [0.1, 0.15) is 46.1 Å². The molecule has 0 bridgehead atoms. The van der Waals surface area contributed by atoms with Crippen LogP contribution >= 0.6 is 0 Å². The zero-order chi connectivity index (χ0) is 21.3. The Kier molecular flexibility index (Phi) is 8.92. The molecule has 1 fully saturated rings. The SMILES string of the molecule is CCNC(=NCc1cccc(NC(=O)C2CCCO2)c1)NCC(OC)C(C)(C)C. The number of methoxy groups -OCH3 is 1. The second-order valence-electron chi connectivity index (χ2n) is 8.36. The smallest absolute Gasteiger partial charge is 0.253 e. The zero-order valence-electron chi connectivity index (χ0n) is 18.4. The third-order valence-corrected chi connectivity index (χ3v) is 4.89. The molecule has 7 nitrogen and oxygen atoms in total. The number of rotatable bonds is 8. The minimum Gasteiger partial charge on any atom is -0.379 e. The molecule has 1 aliphatic rings. The summed E-state index contributed by atoms with van der Waals surface area (Å²) in [6.07, 6.45) is 1.46.